The largest absolute Gasteiger partial charge is 0.391 e. The van der Waals surface area contributed by atoms with Crippen LogP contribution < -0.4 is 0 Å². The van der Waals surface area contributed by atoms with Gasteiger partial charge in [-0.1, -0.05) is 19.8 Å². The Morgan fingerprint density at radius 2 is 1.82 bits per heavy atom. The van der Waals surface area contributed by atoms with Crippen molar-refractivity contribution in [1.29, 1.82) is 0 Å². The molecule has 0 nitrogen and oxygen atoms in total. The van der Waals surface area contributed by atoms with E-state index in [1.54, 1.807) is 0 Å². The second kappa shape index (κ2) is 3.03. The quantitative estimate of drug-likeness (QED) is 0.517. The summed E-state index contributed by atoms with van der Waals surface area (Å²) in [6.45, 7) is 1.90. The van der Waals surface area contributed by atoms with Gasteiger partial charge in [0.25, 0.3) is 0 Å². The normalized spacial score (nSPS) is 33.8. The lowest BCUT2D eigenvalue weighted by Gasteiger charge is -2.28. The Kier molecular flexibility index (Phi) is 2.45. The lowest BCUT2D eigenvalue weighted by Crippen LogP contribution is -2.27. The van der Waals surface area contributed by atoms with Crippen LogP contribution in [0.5, 0.6) is 0 Å². The first kappa shape index (κ1) is 8.88. The number of halogens is 3. The summed E-state index contributed by atoms with van der Waals surface area (Å²) < 4.78 is 36.3. The maximum Gasteiger partial charge on any atom is 0.391 e. The molecule has 0 aliphatic heterocycles. The molecule has 1 aliphatic carbocycles. The Balaban J connectivity index is 2.46. The average molecular weight is 166 g/mol. The minimum absolute atomic E-state index is 0.260. The van der Waals surface area contributed by atoms with E-state index in [9.17, 15) is 13.2 Å². The first-order chi connectivity index (χ1) is 5.00. The lowest BCUT2D eigenvalue weighted by molar-refractivity contribution is -0.185. The average Bonchev–Trinajstić information content (AvgIpc) is 1.86. The van der Waals surface area contributed by atoms with Crippen molar-refractivity contribution in [3.05, 3.63) is 0 Å². The summed E-state index contributed by atoms with van der Waals surface area (Å²) >= 11 is 0. The molecule has 66 valence electrons. The summed E-state index contributed by atoms with van der Waals surface area (Å²) in [5, 5.41) is 0. The summed E-state index contributed by atoms with van der Waals surface area (Å²) in [7, 11) is 0. The van der Waals surface area contributed by atoms with Crippen LogP contribution in [0, 0.1) is 11.8 Å². The topological polar surface area (TPSA) is 0 Å². The van der Waals surface area contributed by atoms with Gasteiger partial charge < -0.3 is 0 Å². The third-order valence-corrected chi connectivity index (χ3v) is 2.40. The molecule has 3 heteroatoms. The fourth-order valence-electron chi connectivity index (χ4n) is 1.73. The van der Waals surface area contributed by atoms with E-state index in [4.69, 9.17) is 0 Å². The van der Waals surface area contributed by atoms with Crippen LogP contribution in [0.25, 0.3) is 0 Å². The Bertz CT molecular complexity index is 128. The summed E-state index contributed by atoms with van der Waals surface area (Å²) in [6, 6.07) is 0. The van der Waals surface area contributed by atoms with Crippen molar-refractivity contribution in [3.63, 3.8) is 0 Å². The van der Waals surface area contributed by atoms with Gasteiger partial charge in [0, 0.05) is 0 Å². The number of hydrogen-bond acceptors (Lipinski definition) is 0. The number of hydrogen-bond donors (Lipinski definition) is 0. The van der Waals surface area contributed by atoms with Crippen LogP contribution in [-0.4, -0.2) is 6.18 Å². The highest BCUT2D eigenvalue weighted by atomic mass is 19.4. The SMILES string of the molecule is CC1CCC[C@H](C(F)(F)F)C1. The van der Waals surface area contributed by atoms with Crippen molar-refractivity contribution in [3.8, 4) is 0 Å². The highest BCUT2D eigenvalue weighted by Crippen LogP contribution is 2.39. The molecule has 1 fully saturated rings. The van der Waals surface area contributed by atoms with E-state index in [1.807, 2.05) is 6.92 Å². The Labute approximate surface area is 64.8 Å². The molecule has 1 unspecified atom stereocenters. The van der Waals surface area contributed by atoms with Gasteiger partial charge in [0.05, 0.1) is 5.92 Å². The van der Waals surface area contributed by atoms with Gasteiger partial charge in [0.15, 0.2) is 0 Å². The molecule has 0 N–H and O–H groups in total. The zero-order valence-corrected chi connectivity index (χ0v) is 6.62. The maximum atomic E-state index is 12.1. The second-order valence-corrected chi connectivity index (χ2v) is 3.51. The molecule has 0 aromatic carbocycles. The van der Waals surface area contributed by atoms with Crippen LogP contribution in [-0.2, 0) is 0 Å². The van der Waals surface area contributed by atoms with E-state index in [-0.39, 0.29) is 5.92 Å². The van der Waals surface area contributed by atoms with Crippen LogP contribution in [0.4, 0.5) is 13.2 Å². The van der Waals surface area contributed by atoms with Crippen LogP contribution in [0.1, 0.15) is 32.6 Å². The smallest absolute Gasteiger partial charge is 0.171 e. The molecule has 1 rings (SSSR count). The molecule has 0 bridgehead atoms. The zero-order valence-electron chi connectivity index (χ0n) is 6.62. The summed E-state index contributed by atoms with van der Waals surface area (Å²) in [6.07, 6.45) is -1.57. The van der Waals surface area contributed by atoms with Crippen LogP contribution in [0.3, 0.4) is 0 Å². The van der Waals surface area contributed by atoms with Gasteiger partial charge in [0.2, 0.25) is 0 Å². The van der Waals surface area contributed by atoms with Gasteiger partial charge in [-0.15, -0.1) is 0 Å². The predicted molar refractivity (Wildman–Crippen MR) is 37.2 cm³/mol. The summed E-state index contributed by atoms with van der Waals surface area (Å²) in [4.78, 5) is 0. The predicted octanol–water partition coefficient (Wildman–Crippen LogP) is 3.38. The van der Waals surface area contributed by atoms with Gasteiger partial charge in [-0.25, -0.2) is 0 Å². The molecule has 0 saturated heterocycles. The Morgan fingerprint density at radius 1 is 1.18 bits per heavy atom. The third kappa shape index (κ3) is 2.38. The zero-order chi connectivity index (χ0) is 8.48. The van der Waals surface area contributed by atoms with Crippen LogP contribution >= 0.6 is 0 Å². The van der Waals surface area contributed by atoms with Crippen molar-refractivity contribution in [1.82, 2.24) is 0 Å². The fourth-order valence-corrected chi connectivity index (χ4v) is 1.73. The fraction of sp³-hybridized carbons (Fsp3) is 1.00. The second-order valence-electron chi connectivity index (χ2n) is 3.51. The van der Waals surface area contributed by atoms with Crippen molar-refractivity contribution >= 4 is 0 Å². The van der Waals surface area contributed by atoms with Crippen molar-refractivity contribution < 1.29 is 13.2 Å². The van der Waals surface area contributed by atoms with E-state index in [2.05, 4.69) is 0 Å². The van der Waals surface area contributed by atoms with Gasteiger partial charge in [-0.3, -0.25) is 0 Å². The van der Waals surface area contributed by atoms with Crippen molar-refractivity contribution in [2.75, 3.05) is 0 Å². The highest BCUT2D eigenvalue weighted by Gasteiger charge is 2.41. The summed E-state index contributed by atoms with van der Waals surface area (Å²) in [5.74, 6) is -0.762. The monoisotopic (exact) mass is 166 g/mol. The van der Waals surface area contributed by atoms with E-state index in [1.165, 1.54) is 0 Å². The first-order valence-corrected chi connectivity index (χ1v) is 4.07. The van der Waals surface area contributed by atoms with E-state index >= 15 is 0 Å². The molecular formula is C8H13F3. The molecule has 0 radical (unpaired) electrons. The molecule has 2 atom stereocenters. The molecule has 0 aromatic heterocycles. The maximum absolute atomic E-state index is 12.1. The van der Waals surface area contributed by atoms with Crippen molar-refractivity contribution in [2.45, 2.75) is 38.8 Å². The van der Waals surface area contributed by atoms with Gasteiger partial charge in [-0.05, 0) is 18.8 Å². The van der Waals surface area contributed by atoms with Gasteiger partial charge in [-0.2, -0.15) is 13.2 Å². The van der Waals surface area contributed by atoms with Gasteiger partial charge >= 0.3 is 6.18 Å². The molecule has 0 amide bonds. The van der Waals surface area contributed by atoms with Crippen LogP contribution in [0.15, 0.2) is 0 Å². The van der Waals surface area contributed by atoms with E-state index in [0.29, 0.717) is 12.8 Å². The number of alkyl halides is 3. The molecule has 0 heterocycles. The molecule has 1 aliphatic rings. The lowest BCUT2D eigenvalue weighted by atomic mass is 9.82. The standard InChI is InChI=1S/C8H13F3/c1-6-3-2-4-7(5-6)8(9,10)11/h6-7H,2-5H2,1H3/t6?,7-/m0/s1. The van der Waals surface area contributed by atoms with Crippen LogP contribution in [0.2, 0.25) is 0 Å². The molecule has 11 heavy (non-hydrogen) atoms. The Hall–Kier alpha value is -0.210. The molecule has 1 saturated carbocycles. The van der Waals surface area contributed by atoms with E-state index in [0.717, 1.165) is 12.8 Å². The molecule has 0 aromatic rings. The first-order valence-electron chi connectivity index (χ1n) is 4.07. The minimum Gasteiger partial charge on any atom is -0.171 e. The summed E-state index contributed by atoms with van der Waals surface area (Å²) in [5.41, 5.74) is 0. The van der Waals surface area contributed by atoms with Gasteiger partial charge in [0.1, 0.15) is 0 Å². The van der Waals surface area contributed by atoms with E-state index < -0.39 is 12.1 Å². The molecular weight excluding hydrogens is 153 g/mol. The third-order valence-electron chi connectivity index (χ3n) is 2.40. The van der Waals surface area contributed by atoms with Crippen molar-refractivity contribution in [2.24, 2.45) is 11.8 Å². The minimum atomic E-state index is -3.95. The number of rotatable bonds is 0. The molecule has 0 spiro atoms. The Morgan fingerprint density at radius 3 is 2.18 bits per heavy atom. The highest BCUT2D eigenvalue weighted by molar-refractivity contribution is 4.75.